The topological polar surface area (TPSA) is 86.3 Å². The Hall–Kier alpha value is -1.15. The maximum atomic E-state index is 12.7. The van der Waals surface area contributed by atoms with Gasteiger partial charge >= 0.3 is 0 Å². The molecule has 2 aromatic rings. The Balaban J connectivity index is 2.13. The Morgan fingerprint density at radius 2 is 2.25 bits per heavy atom. The van der Waals surface area contributed by atoms with Crippen LogP contribution in [0, 0.1) is 0 Å². The molecule has 108 valence electrons. The predicted octanol–water partition coefficient (Wildman–Crippen LogP) is 1.36. The van der Waals surface area contributed by atoms with Crippen LogP contribution in [0.25, 0.3) is 11.0 Å². The van der Waals surface area contributed by atoms with Crippen molar-refractivity contribution in [2.24, 2.45) is 0 Å². The van der Waals surface area contributed by atoms with E-state index >= 15 is 0 Å². The summed E-state index contributed by atoms with van der Waals surface area (Å²) >= 11 is 6.09. The van der Waals surface area contributed by atoms with Crippen LogP contribution in [-0.2, 0) is 10.0 Å². The molecule has 0 radical (unpaired) electrons. The van der Waals surface area contributed by atoms with E-state index < -0.39 is 10.0 Å². The van der Waals surface area contributed by atoms with Crippen molar-refractivity contribution in [2.45, 2.75) is 23.8 Å². The molecular formula is C12H14ClN3O3S. The standard InChI is InChI=1S/C12H14ClN3O3S/c13-9-3-4-14-12-11(9)10(7-15-12)20(18,19)16(5-6-17)8-1-2-8/h3-4,7-8,17H,1-2,5-6H2,(H,14,15). The van der Waals surface area contributed by atoms with Gasteiger partial charge in [0.1, 0.15) is 10.5 Å². The van der Waals surface area contributed by atoms with Crippen molar-refractivity contribution in [1.29, 1.82) is 0 Å². The number of nitrogens with one attached hydrogen (secondary N) is 1. The van der Waals surface area contributed by atoms with E-state index in [1.807, 2.05) is 0 Å². The third-order valence-corrected chi connectivity index (χ3v) is 5.64. The lowest BCUT2D eigenvalue weighted by Gasteiger charge is -2.20. The van der Waals surface area contributed by atoms with Crippen molar-refractivity contribution in [3.63, 3.8) is 0 Å². The second kappa shape index (κ2) is 5.00. The number of hydrogen-bond acceptors (Lipinski definition) is 4. The zero-order valence-corrected chi connectivity index (χ0v) is 12.2. The van der Waals surface area contributed by atoms with Crippen LogP contribution < -0.4 is 0 Å². The molecule has 0 amide bonds. The van der Waals surface area contributed by atoms with E-state index in [4.69, 9.17) is 16.7 Å². The van der Waals surface area contributed by atoms with Crippen LogP contribution in [0.4, 0.5) is 0 Å². The van der Waals surface area contributed by atoms with Crippen molar-refractivity contribution < 1.29 is 13.5 Å². The molecule has 3 rings (SSSR count). The fraction of sp³-hybridized carbons (Fsp3) is 0.417. The number of aliphatic hydroxyl groups excluding tert-OH is 1. The lowest BCUT2D eigenvalue weighted by molar-refractivity contribution is 0.250. The third kappa shape index (κ3) is 2.20. The second-order valence-corrected chi connectivity index (χ2v) is 7.01. The van der Waals surface area contributed by atoms with Crippen molar-refractivity contribution in [1.82, 2.24) is 14.3 Å². The molecule has 20 heavy (non-hydrogen) atoms. The van der Waals surface area contributed by atoms with Gasteiger partial charge in [0, 0.05) is 25.0 Å². The van der Waals surface area contributed by atoms with Gasteiger partial charge in [0.15, 0.2) is 0 Å². The van der Waals surface area contributed by atoms with E-state index in [1.54, 1.807) is 6.07 Å². The van der Waals surface area contributed by atoms with Gasteiger partial charge in [0.05, 0.1) is 17.0 Å². The minimum Gasteiger partial charge on any atom is -0.395 e. The number of sulfonamides is 1. The van der Waals surface area contributed by atoms with E-state index in [-0.39, 0.29) is 24.1 Å². The molecule has 2 heterocycles. The minimum atomic E-state index is -3.69. The molecule has 0 spiro atoms. The predicted molar refractivity (Wildman–Crippen MR) is 75.1 cm³/mol. The Kier molecular flexibility index (Phi) is 3.45. The summed E-state index contributed by atoms with van der Waals surface area (Å²) < 4.78 is 26.8. The highest BCUT2D eigenvalue weighted by Gasteiger charge is 2.39. The number of nitrogens with zero attached hydrogens (tertiary/aromatic N) is 2. The molecule has 0 aromatic carbocycles. The van der Waals surface area contributed by atoms with Crippen LogP contribution in [0.3, 0.4) is 0 Å². The largest absolute Gasteiger partial charge is 0.395 e. The Bertz CT molecular complexity index is 739. The van der Waals surface area contributed by atoms with Crippen LogP contribution in [0.2, 0.25) is 5.02 Å². The van der Waals surface area contributed by atoms with Crippen LogP contribution in [-0.4, -0.2) is 47.0 Å². The number of aromatic amines is 1. The van der Waals surface area contributed by atoms with Gasteiger partial charge in [-0.25, -0.2) is 13.4 Å². The molecule has 1 aliphatic rings. The van der Waals surface area contributed by atoms with E-state index in [2.05, 4.69) is 9.97 Å². The van der Waals surface area contributed by atoms with Gasteiger partial charge in [-0.1, -0.05) is 11.6 Å². The minimum absolute atomic E-state index is 0.0208. The maximum absolute atomic E-state index is 12.7. The first-order chi connectivity index (χ1) is 9.55. The highest BCUT2D eigenvalue weighted by molar-refractivity contribution is 7.89. The van der Waals surface area contributed by atoms with E-state index in [0.717, 1.165) is 12.8 Å². The number of rotatable bonds is 5. The highest BCUT2D eigenvalue weighted by Crippen LogP contribution is 2.35. The Labute approximate surface area is 121 Å². The first-order valence-corrected chi connectivity index (χ1v) is 8.12. The van der Waals surface area contributed by atoms with Crippen LogP contribution >= 0.6 is 11.6 Å². The first kappa shape index (κ1) is 13.8. The molecule has 0 bridgehead atoms. The van der Waals surface area contributed by atoms with Crippen molar-refractivity contribution in [3.8, 4) is 0 Å². The first-order valence-electron chi connectivity index (χ1n) is 6.30. The molecule has 0 atom stereocenters. The maximum Gasteiger partial charge on any atom is 0.245 e. The smallest absolute Gasteiger partial charge is 0.245 e. The van der Waals surface area contributed by atoms with Crippen LogP contribution in [0.5, 0.6) is 0 Å². The quantitative estimate of drug-likeness (QED) is 0.872. The summed E-state index contributed by atoms with van der Waals surface area (Å²) in [4.78, 5) is 7.01. The molecular weight excluding hydrogens is 302 g/mol. The monoisotopic (exact) mass is 315 g/mol. The number of pyridine rings is 1. The number of hydrogen-bond donors (Lipinski definition) is 2. The van der Waals surface area contributed by atoms with E-state index in [0.29, 0.717) is 16.1 Å². The summed E-state index contributed by atoms with van der Waals surface area (Å²) in [7, 11) is -3.69. The van der Waals surface area contributed by atoms with Gasteiger partial charge < -0.3 is 10.1 Å². The van der Waals surface area contributed by atoms with Crippen molar-refractivity contribution >= 4 is 32.7 Å². The molecule has 0 unspecified atom stereocenters. The lowest BCUT2D eigenvalue weighted by atomic mass is 10.3. The molecule has 0 saturated heterocycles. The summed E-state index contributed by atoms with van der Waals surface area (Å²) in [5, 5.41) is 9.83. The zero-order chi connectivity index (χ0) is 14.3. The average Bonchev–Trinajstić information content (AvgIpc) is 3.13. The van der Waals surface area contributed by atoms with Crippen LogP contribution in [0.1, 0.15) is 12.8 Å². The molecule has 2 N–H and O–H groups in total. The SMILES string of the molecule is O=S(=O)(c1c[nH]c2nccc(Cl)c12)N(CCO)C1CC1. The average molecular weight is 316 g/mol. The summed E-state index contributed by atoms with van der Waals surface area (Å²) in [6, 6.07) is 1.54. The number of aromatic nitrogens is 2. The number of fused-ring (bicyclic) bond motifs is 1. The van der Waals surface area contributed by atoms with Gasteiger partial charge in [-0.2, -0.15) is 4.31 Å². The molecule has 0 aliphatic heterocycles. The zero-order valence-electron chi connectivity index (χ0n) is 10.6. The molecule has 1 aliphatic carbocycles. The molecule has 1 fully saturated rings. The number of aliphatic hydroxyl groups is 1. The normalized spacial score (nSPS) is 16.1. The molecule has 6 nitrogen and oxygen atoms in total. The second-order valence-electron chi connectivity index (χ2n) is 4.74. The number of halogens is 1. The summed E-state index contributed by atoms with van der Waals surface area (Å²) in [6.07, 6.45) is 4.58. The van der Waals surface area contributed by atoms with Gasteiger partial charge in [-0.3, -0.25) is 0 Å². The van der Waals surface area contributed by atoms with Crippen molar-refractivity contribution in [3.05, 3.63) is 23.5 Å². The molecule has 1 saturated carbocycles. The Morgan fingerprint density at radius 3 is 2.90 bits per heavy atom. The van der Waals surface area contributed by atoms with Crippen molar-refractivity contribution in [2.75, 3.05) is 13.2 Å². The fourth-order valence-corrected chi connectivity index (χ4v) is 4.43. The highest BCUT2D eigenvalue weighted by atomic mass is 35.5. The van der Waals surface area contributed by atoms with E-state index in [1.165, 1.54) is 16.7 Å². The van der Waals surface area contributed by atoms with Gasteiger partial charge in [0.2, 0.25) is 10.0 Å². The fourth-order valence-electron chi connectivity index (χ4n) is 2.28. The Morgan fingerprint density at radius 1 is 1.50 bits per heavy atom. The molecule has 2 aromatic heterocycles. The number of H-pyrrole nitrogens is 1. The van der Waals surface area contributed by atoms with Gasteiger partial charge in [-0.05, 0) is 18.9 Å². The molecule has 8 heteroatoms. The summed E-state index contributed by atoms with van der Waals surface area (Å²) in [5.74, 6) is 0. The van der Waals surface area contributed by atoms with Gasteiger partial charge in [-0.15, -0.1) is 0 Å². The van der Waals surface area contributed by atoms with Gasteiger partial charge in [0.25, 0.3) is 0 Å². The summed E-state index contributed by atoms with van der Waals surface area (Å²) in [6.45, 7) is -0.110. The van der Waals surface area contributed by atoms with E-state index in [9.17, 15) is 8.42 Å². The van der Waals surface area contributed by atoms with Crippen LogP contribution in [0.15, 0.2) is 23.4 Å². The third-order valence-electron chi connectivity index (χ3n) is 3.35. The summed E-state index contributed by atoms with van der Waals surface area (Å²) in [5.41, 5.74) is 0.441. The lowest BCUT2D eigenvalue weighted by Crippen LogP contribution is -2.35.